The smallest absolute Gasteiger partial charge is 0.264 e. The number of aromatic nitrogens is 2. The Kier molecular flexibility index (Phi) is 4.44. The van der Waals surface area contributed by atoms with Gasteiger partial charge in [0.05, 0.1) is 16.4 Å². The van der Waals surface area contributed by atoms with Crippen LogP contribution in [0, 0.1) is 0 Å². The third-order valence-corrected chi connectivity index (χ3v) is 5.45. The van der Waals surface area contributed by atoms with E-state index in [1.165, 1.54) is 17.7 Å². The number of piperidine rings is 1. The van der Waals surface area contributed by atoms with E-state index in [1.807, 2.05) is 6.07 Å². The first-order valence-corrected chi connectivity index (χ1v) is 9.20. The van der Waals surface area contributed by atoms with E-state index < -0.39 is 0 Å². The van der Waals surface area contributed by atoms with Crippen LogP contribution in [0.15, 0.2) is 36.7 Å². The second-order valence-electron chi connectivity index (χ2n) is 6.25. The highest BCUT2D eigenvalue weighted by Crippen LogP contribution is 2.31. The first-order chi connectivity index (χ1) is 12.6. The third kappa shape index (κ3) is 3.33. The van der Waals surface area contributed by atoms with Gasteiger partial charge in [0.2, 0.25) is 0 Å². The summed E-state index contributed by atoms with van der Waals surface area (Å²) in [4.78, 5) is 24.4. The van der Waals surface area contributed by atoms with Crippen LogP contribution >= 0.6 is 11.3 Å². The van der Waals surface area contributed by atoms with Crippen molar-refractivity contribution in [3.63, 3.8) is 0 Å². The van der Waals surface area contributed by atoms with Crippen molar-refractivity contribution in [2.45, 2.75) is 18.9 Å². The molecular formula is C18H18N4O3S. The molecule has 1 amide bonds. The van der Waals surface area contributed by atoms with Crippen LogP contribution in [0.2, 0.25) is 0 Å². The Morgan fingerprint density at radius 2 is 1.92 bits per heavy atom. The lowest BCUT2D eigenvalue weighted by Gasteiger charge is -2.29. The number of carbonyl (C=O) groups excluding carboxylic acids is 1. The Hall–Kier alpha value is -2.71. The molecule has 3 heterocycles. The molecule has 7 nitrogen and oxygen atoms in total. The monoisotopic (exact) mass is 370 g/mol. The number of thiophene rings is 1. The van der Waals surface area contributed by atoms with Crippen LogP contribution in [0.4, 0.5) is 11.5 Å². The first kappa shape index (κ1) is 16.7. The Bertz CT molecular complexity index is 933. The van der Waals surface area contributed by atoms with Crippen LogP contribution in [0.25, 0.3) is 10.2 Å². The molecule has 3 N–H and O–H groups in total. The van der Waals surface area contributed by atoms with Crippen molar-refractivity contribution in [2.75, 3.05) is 18.4 Å². The number of hydrogen-bond donors (Lipinski definition) is 3. The minimum Gasteiger partial charge on any atom is -0.508 e. The number of carbonyl (C=O) groups is 1. The first-order valence-electron chi connectivity index (χ1n) is 8.38. The van der Waals surface area contributed by atoms with Crippen molar-refractivity contribution in [3.05, 3.63) is 41.5 Å². The lowest BCUT2D eigenvalue weighted by Crippen LogP contribution is -2.39. The Morgan fingerprint density at radius 3 is 2.65 bits per heavy atom. The number of rotatable bonds is 3. The molecule has 0 saturated carbocycles. The number of phenolic OH excluding ortho intramolecular Hbond substituents is 1. The van der Waals surface area contributed by atoms with E-state index in [0.29, 0.717) is 36.6 Å². The number of benzene rings is 1. The van der Waals surface area contributed by atoms with E-state index >= 15 is 0 Å². The van der Waals surface area contributed by atoms with E-state index in [-0.39, 0.29) is 17.8 Å². The topological polar surface area (TPSA) is 98.6 Å². The predicted octanol–water partition coefficient (Wildman–Crippen LogP) is 2.74. The average Bonchev–Trinajstić information content (AvgIpc) is 3.09. The maximum absolute atomic E-state index is 12.7. The summed E-state index contributed by atoms with van der Waals surface area (Å²) in [7, 11) is 0. The van der Waals surface area contributed by atoms with E-state index in [9.17, 15) is 15.0 Å². The molecule has 0 unspecified atom stereocenters. The number of aliphatic hydroxyl groups excluding tert-OH is 1. The molecule has 0 aliphatic carbocycles. The van der Waals surface area contributed by atoms with Crippen LogP contribution in [0.3, 0.4) is 0 Å². The number of fused-ring (bicyclic) bond motifs is 1. The molecule has 0 radical (unpaired) electrons. The zero-order valence-electron chi connectivity index (χ0n) is 13.9. The van der Waals surface area contributed by atoms with Crippen molar-refractivity contribution >= 4 is 39.0 Å². The quantitative estimate of drug-likeness (QED) is 0.613. The lowest BCUT2D eigenvalue weighted by atomic mass is 10.1. The number of nitrogens with one attached hydrogen (secondary N) is 1. The number of aliphatic hydroxyl groups is 1. The lowest BCUT2D eigenvalue weighted by molar-refractivity contribution is 0.0551. The number of amides is 1. The van der Waals surface area contributed by atoms with Crippen LogP contribution < -0.4 is 5.32 Å². The fourth-order valence-electron chi connectivity index (χ4n) is 2.97. The van der Waals surface area contributed by atoms with E-state index in [1.54, 1.807) is 29.2 Å². The molecule has 2 aromatic heterocycles. The van der Waals surface area contributed by atoms with Gasteiger partial charge in [-0.25, -0.2) is 9.97 Å². The summed E-state index contributed by atoms with van der Waals surface area (Å²) in [5, 5.41) is 23.0. The molecule has 3 aromatic rings. The Balaban J connectivity index is 1.60. The van der Waals surface area contributed by atoms with Gasteiger partial charge < -0.3 is 20.4 Å². The van der Waals surface area contributed by atoms with Gasteiger partial charge in [-0.2, -0.15) is 0 Å². The maximum atomic E-state index is 12.7. The van der Waals surface area contributed by atoms with Crippen molar-refractivity contribution < 1.29 is 15.0 Å². The van der Waals surface area contributed by atoms with Gasteiger partial charge in [-0.15, -0.1) is 11.3 Å². The Labute approximate surface area is 153 Å². The van der Waals surface area contributed by atoms with Gasteiger partial charge in [0.15, 0.2) is 0 Å². The highest BCUT2D eigenvalue weighted by atomic mass is 32.1. The second kappa shape index (κ2) is 6.89. The molecule has 4 rings (SSSR count). The van der Waals surface area contributed by atoms with Crippen LogP contribution in [0.1, 0.15) is 22.5 Å². The van der Waals surface area contributed by atoms with E-state index in [0.717, 1.165) is 15.9 Å². The summed E-state index contributed by atoms with van der Waals surface area (Å²) in [5.41, 5.74) is 0.784. The SMILES string of the molecule is O=C(c1cc2c(Nc3ccc(O)cc3)ncnc2s1)N1CCC(O)CC1. The molecule has 8 heteroatoms. The molecule has 0 atom stereocenters. The van der Waals surface area contributed by atoms with Crippen molar-refractivity contribution in [1.82, 2.24) is 14.9 Å². The van der Waals surface area contributed by atoms with Crippen molar-refractivity contribution in [2.24, 2.45) is 0 Å². The van der Waals surface area contributed by atoms with Gasteiger partial charge in [-0.1, -0.05) is 0 Å². The normalized spacial score (nSPS) is 15.3. The number of phenols is 1. The van der Waals surface area contributed by atoms with E-state index in [2.05, 4.69) is 15.3 Å². The van der Waals surface area contributed by atoms with Gasteiger partial charge in [-0.05, 0) is 43.2 Å². The largest absolute Gasteiger partial charge is 0.508 e. The highest BCUT2D eigenvalue weighted by molar-refractivity contribution is 7.20. The van der Waals surface area contributed by atoms with Gasteiger partial charge in [-0.3, -0.25) is 4.79 Å². The minimum absolute atomic E-state index is 0.0320. The summed E-state index contributed by atoms with van der Waals surface area (Å²) in [6.07, 6.45) is 2.38. The molecule has 1 aliphatic heterocycles. The molecular weight excluding hydrogens is 352 g/mol. The van der Waals surface area contributed by atoms with Gasteiger partial charge in [0.1, 0.15) is 22.7 Å². The van der Waals surface area contributed by atoms with Crippen LogP contribution in [0.5, 0.6) is 5.75 Å². The summed E-state index contributed by atoms with van der Waals surface area (Å²) >= 11 is 1.34. The summed E-state index contributed by atoms with van der Waals surface area (Å²) < 4.78 is 0. The summed E-state index contributed by atoms with van der Waals surface area (Å²) in [6, 6.07) is 8.50. The minimum atomic E-state index is -0.312. The highest BCUT2D eigenvalue weighted by Gasteiger charge is 2.24. The summed E-state index contributed by atoms with van der Waals surface area (Å²) in [5.74, 6) is 0.777. The average molecular weight is 370 g/mol. The van der Waals surface area contributed by atoms with Crippen LogP contribution in [-0.4, -0.2) is 50.2 Å². The fourth-order valence-corrected chi connectivity index (χ4v) is 3.93. The van der Waals surface area contributed by atoms with Crippen LogP contribution in [-0.2, 0) is 0 Å². The molecule has 0 spiro atoms. The zero-order valence-corrected chi connectivity index (χ0v) is 14.7. The zero-order chi connectivity index (χ0) is 18.1. The predicted molar refractivity (Wildman–Crippen MR) is 99.9 cm³/mol. The standard InChI is InChI=1S/C18H18N4O3S/c23-12-3-1-11(2-4-12)21-16-14-9-15(26-17(14)20-10-19-16)18(25)22-7-5-13(24)6-8-22/h1-4,9-10,13,23-24H,5-8H2,(H,19,20,21). The van der Waals surface area contributed by atoms with Gasteiger partial charge in [0, 0.05) is 18.8 Å². The number of nitrogens with zero attached hydrogens (tertiary/aromatic N) is 3. The van der Waals surface area contributed by atoms with Crippen molar-refractivity contribution in [1.29, 1.82) is 0 Å². The molecule has 1 fully saturated rings. The third-order valence-electron chi connectivity index (χ3n) is 4.42. The van der Waals surface area contributed by atoms with Crippen molar-refractivity contribution in [3.8, 4) is 5.75 Å². The van der Waals surface area contributed by atoms with E-state index in [4.69, 9.17) is 0 Å². The number of hydrogen-bond acceptors (Lipinski definition) is 7. The number of aromatic hydroxyl groups is 1. The maximum Gasteiger partial charge on any atom is 0.264 e. The molecule has 134 valence electrons. The summed E-state index contributed by atoms with van der Waals surface area (Å²) in [6.45, 7) is 1.14. The number of anilines is 2. The molecule has 0 bridgehead atoms. The molecule has 1 aliphatic rings. The second-order valence-corrected chi connectivity index (χ2v) is 7.28. The fraction of sp³-hybridized carbons (Fsp3) is 0.278. The molecule has 1 saturated heterocycles. The van der Waals surface area contributed by atoms with Gasteiger partial charge in [0.25, 0.3) is 5.91 Å². The molecule has 1 aromatic carbocycles. The number of likely N-dealkylation sites (tertiary alicyclic amines) is 1. The van der Waals surface area contributed by atoms with Gasteiger partial charge >= 0.3 is 0 Å². The molecule has 26 heavy (non-hydrogen) atoms. The Morgan fingerprint density at radius 1 is 1.19 bits per heavy atom.